The number of imide groups is 1. The number of rotatable bonds is 3. The molecule has 1 aromatic carbocycles. The molecule has 0 radical (unpaired) electrons. The van der Waals surface area contributed by atoms with Crippen molar-refractivity contribution in [1.82, 2.24) is 10.2 Å². The number of carbonyl (C=O) groups is 3. The van der Waals surface area contributed by atoms with E-state index < -0.39 is 29.2 Å². The van der Waals surface area contributed by atoms with Crippen LogP contribution in [-0.4, -0.2) is 48.0 Å². The van der Waals surface area contributed by atoms with Gasteiger partial charge in [-0.1, -0.05) is 12.8 Å². The molecular formula is C19H20F3N3O4. The molecular weight excluding hydrogens is 391 g/mol. The van der Waals surface area contributed by atoms with Crippen LogP contribution in [0.4, 0.5) is 23.7 Å². The molecule has 1 N–H and O–H groups in total. The fourth-order valence-corrected chi connectivity index (χ4v) is 4.19. The van der Waals surface area contributed by atoms with E-state index in [1.807, 2.05) is 0 Å². The number of amides is 4. The van der Waals surface area contributed by atoms with Gasteiger partial charge in [0.1, 0.15) is 17.9 Å². The first-order chi connectivity index (χ1) is 13.7. The molecule has 4 amide bonds. The van der Waals surface area contributed by atoms with Gasteiger partial charge in [-0.3, -0.25) is 14.5 Å². The van der Waals surface area contributed by atoms with Gasteiger partial charge in [0.2, 0.25) is 5.91 Å². The molecule has 2 fully saturated rings. The smallest absolute Gasteiger partial charge is 0.416 e. The van der Waals surface area contributed by atoms with Gasteiger partial charge in [0.05, 0.1) is 17.8 Å². The first-order valence-electron chi connectivity index (χ1n) is 9.50. The molecule has 7 nitrogen and oxygen atoms in total. The SMILES string of the molecule is O=C1NC2(CCCC2)C(=O)N1CCC(=O)N1CCOc2ccc(C(F)(F)F)cc21. The van der Waals surface area contributed by atoms with Gasteiger partial charge in [-0.25, -0.2) is 4.79 Å². The van der Waals surface area contributed by atoms with Gasteiger partial charge in [-0.15, -0.1) is 0 Å². The maximum absolute atomic E-state index is 13.0. The molecule has 1 aromatic rings. The highest BCUT2D eigenvalue weighted by Gasteiger charge is 2.52. The van der Waals surface area contributed by atoms with Crippen LogP contribution in [0.3, 0.4) is 0 Å². The van der Waals surface area contributed by atoms with Crippen LogP contribution in [0.1, 0.15) is 37.7 Å². The molecule has 0 atom stereocenters. The number of benzene rings is 1. The quantitative estimate of drug-likeness (QED) is 0.776. The number of alkyl halides is 3. The lowest BCUT2D eigenvalue weighted by Gasteiger charge is -2.30. The zero-order chi connectivity index (χ0) is 20.8. The summed E-state index contributed by atoms with van der Waals surface area (Å²) in [5, 5.41) is 2.74. The summed E-state index contributed by atoms with van der Waals surface area (Å²) in [6.45, 7) is 0.129. The highest BCUT2D eigenvalue weighted by molar-refractivity contribution is 6.07. The van der Waals surface area contributed by atoms with Crippen molar-refractivity contribution in [3.8, 4) is 5.75 Å². The second-order valence-electron chi connectivity index (χ2n) is 7.50. The fourth-order valence-electron chi connectivity index (χ4n) is 4.19. The Bertz CT molecular complexity index is 865. The molecule has 29 heavy (non-hydrogen) atoms. The third kappa shape index (κ3) is 3.40. The van der Waals surface area contributed by atoms with Crippen molar-refractivity contribution in [3.63, 3.8) is 0 Å². The van der Waals surface area contributed by atoms with Crippen molar-refractivity contribution < 1.29 is 32.3 Å². The average molecular weight is 411 g/mol. The number of nitrogens with one attached hydrogen (secondary N) is 1. The molecule has 2 aliphatic heterocycles. The van der Waals surface area contributed by atoms with Gasteiger partial charge in [-0.2, -0.15) is 13.2 Å². The Kier molecular flexibility index (Phi) is 4.66. The van der Waals surface area contributed by atoms with Gasteiger partial charge in [0, 0.05) is 13.0 Å². The Hall–Kier alpha value is -2.78. The molecule has 1 spiro atoms. The highest BCUT2D eigenvalue weighted by atomic mass is 19.4. The molecule has 1 saturated carbocycles. The standard InChI is InChI=1S/C19H20F3N3O4/c20-19(21,22)12-3-4-14-13(11-12)24(9-10-29-14)15(26)5-8-25-16(27)18(23-17(25)28)6-1-2-7-18/h3-4,11H,1-2,5-10H2,(H,23,28). The number of ether oxygens (including phenoxy) is 1. The number of carbonyl (C=O) groups excluding carboxylic acids is 3. The Morgan fingerprint density at radius 3 is 2.62 bits per heavy atom. The minimum atomic E-state index is -4.54. The van der Waals surface area contributed by atoms with Crippen LogP contribution in [0.25, 0.3) is 0 Å². The van der Waals surface area contributed by atoms with Crippen LogP contribution >= 0.6 is 0 Å². The molecule has 10 heteroatoms. The topological polar surface area (TPSA) is 79.0 Å². The Morgan fingerprint density at radius 2 is 1.93 bits per heavy atom. The molecule has 2 heterocycles. The summed E-state index contributed by atoms with van der Waals surface area (Å²) in [4.78, 5) is 39.8. The molecule has 0 bridgehead atoms. The van der Waals surface area contributed by atoms with Crippen LogP contribution in [0.15, 0.2) is 18.2 Å². The zero-order valence-electron chi connectivity index (χ0n) is 15.6. The molecule has 0 unspecified atom stereocenters. The van der Waals surface area contributed by atoms with E-state index in [0.717, 1.165) is 29.9 Å². The van der Waals surface area contributed by atoms with Crippen molar-refractivity contribution in [2.75, 3.05) is 24.6 Å². The molecule has 3 aliphatic rings. The predicted molar refractivity (Wildman–Crippen MR) is 95.4 cm³/mol. The number of urea groups is 1. The Labute approximate surface area is 164 Å². The van der Waals surface area contributed by atoms with E-state index in [1.165, 1.54) is 11.0 Å². The molecule has 156 valence electrons. The summed E-state index contributed by atoms with van der Waals surface area (Å²) in [6.07, 6.45) is -1.85. The van der Waals surface area contributed by atoms with Crippen LogP contribution in [0.5, 0.6) is 5.75 Å². The summed E-state index contributed by atoms with van der Waals surface area (Å²) < 4.78 is 44.5. The van der Waals surface area contributed by atoms with Crippen molar-refractivity contribution >= 4 is 23.5 Å². The van der Waals surface area contributed by atoms with Crippen molar-refractivity contribution in [2.24, 2.45) is 0 Å². The predicted octanol–water partition coefficient (Wildman–Crippen LogP) is 2.69. The van der Waals surface area contributed by atoms with E-state index in [0.29, 0.717) is 12.8 Å². The molecule has 0 aromatic heterocycles. The van der Waals surface area contributed by atoms with Crippen LogP contribution in [-0.2, 0) is 15.8 Å². The van der Waals surface area contributed by atoms with Crippen molar-refractivity contribution in [2.45, 2.75) is 43.8 Å². The highest BCUT2D eigenvalue weighted by Crippen LogP contribution is 2.39. The summed E-state index contributed by atoms with van der Waals surface area (Å²) in [6, 6.07) is 2.46. The number of fused-ring (bicyclic) bond motifs is 1. The summed E-state index contributed by atoms with van der Waals surface area (Å²) in [5.74, 6) is -0.603. The Morgan fingerprint density at radius 1 is 1.21 bits per heavy atom. The molecule has 4 rings (SSSR count). The number of hydrogen-bond acceptors (Lipinski definition) is 4. The van der Waals surface area contributed by atoms with E-state index >= 15 is 0 Å². The van der Waals surface area contributed by atoms with E-state index in [2.05, 4.69) is 5.32 Å². The minimum Gasteiger partial charge on any atom is -0.490 e. The third-order valence-corrected chi connectivity index (χ3v) is 5.70. The van der Waals surface area contributed by atoms with Crippen LogP contribution in [0.2, 0.25) is 0 Å². The minimum absolute atomic E-state index is 0.0422. The lowest BCUT2D eigenvalue weighted by atomic mass is 9.98. The average Bonchev–Trinajstić information content (AvgIpc) is 3.24. The van der Waals surface area contributed by atoms with E-state index in [1.54, 1.807) is 0 Å². The van der Waals surface area contributed by atoms with E-state index in [-0.39, 0.29) is 43.5 Å². The number of halogens is 3. The fraction of sp³-hybridized carbons (Fsp3) is 0.526. The second kappa shape index (κ2) is 6.93. The zero-order valence-corrected chi connectivity index (χ0v) is 15.6. The van der Waals surface area contributed by atoms with E-state index in [9.17, 15) is 27.6 Å². The summed E-state index contributed by atoms with van der Waals surface area (Å²) in [7, 11) is 0. The maximum atomic E-state index is 13.0. The second-order valence-corrected chi connectivity index (χ2v) is 7.50. The van der Waals surface area contributed by atoms with Gasteiger partial charge in [0.15, 0.2) is 0 Å². The van der Waals surface area contributed by atoms with Crippen molar-refractivity contribution in [3.05, 3.63) is 23.8 Å². The van der Waals surface area contributed by atoms with Gasteiger partial charge < -0.3 is 15.0 Å². The van der Waals surface area contributed by atoms with Gasteiger partial charge in [-0.05, 0) is 31.0 Å². The molecule has 1 aliphatic carbocycles. The van der Waals surface area contributed by atoms with Gasteiger partial charge >= 0.3 is 12.2 Å². The Balaban J connectivity index is 1.48. The lowest BCUT2D eigenvalue weighted by molar-refractivity contribution is -0.137. The maximum Gasteiger partial charge on any atom is 0.416 e. The number of hydrogen-bond donors (Lipinski definition) is 1. The van der Waals surface area contributed by atoms with E-state index in [4.69, 9.17) is 4.74 Å². The normalized spacial score (nSPS) is 20.7. The summed E-state index contributed by atoms with van der Waals surface area (Å²) in [5.41, 5.74) is -1.69. The van der Waals surface area contributed by atoms with Crippen molar-refractivity contribution in [1.29, 1.82) is 0 Å². The van der Waals surface area contributed by atoms with Crippen LogP contribution < -0.4 is 15.0 Å². The first kappa shape index (κ1) is 19.5. The first-order valence-corrected chi connectivity index (χ1v) is 9.50. The molecule has 1 saturated heterocycles. The third-order valence-electron chi connectivity index (χ3n) is 5.70. The van der Waals surface area contributed by atoms with Crippen LogP contribution in [0, 0.1) is 0 Å². The summed E-state index contributed by atoms with van der Waals surface area (Å²) >= 11 is 0. The number of nitrogens with zero attached hydrogens (tertiary/aromatic N) is 2. The van der Waals surface area contributed by atoms with Gasteiger partial charge in [0.25, 0.3) is 5.91 Å². The lowest BCUT2D eigenvalue weighted by Crippen LogP contribution is -2.44. The monoisotopic (exact) mass is 411 g/mol. The largest absolute Gasteiger partial charge is 0.490 e. The number of anilines is 1.